The van der Waals surface area contributed by atoms with Crippen LogP contribution in [0.15, 0.2) is 6.33 Å². The van der Waals surface area contributed by atoms with Crippen LogP contribution in [0, 0.1) is 17.2 Å². The highest BCUT2D eigenvalue weighted by atomic mass is 35.5. The van der Waals surface area contributed by atoms with Crippen LogP contribution >= 0.6 is 23.2 Å². The van der Waals surface area contributed by atoms with Gasteiger partial charge in [0.1, 0.15) is 17.3 Å². The van der Waals surface area contributed by atoms with E-state index in [-0.39, 0.29) is 5.88 Å². The maximum atomic E-state index is 8.72. The van der Waals surface area contributed by atoms with Crippen LogP contribution < -0.4 is 4.90 Å². The van der Waals surface area contributed by atoms with E-state index in [1.54, 1.807) is 0 Å². The number of halogens is 2. The summed E-state index contributed by atoms with van der Waals surface area (Å²) in [5, 5.41) is 9.09. The molecule has 4 nitrogen and oxygen atoms in total. The molecule has 6 heteroatoms. The molecular formula is C12H16Cl2N4. The third-order valence-corrected chi connectivity index (χ3v) is 2.98. The van der Waals surface area contributed by atoms with Gasteiger partial charge in [-0.25, -0.2) is 9.97 Å². The number of nitriles is 1. The Hall–Kier alpha value is -1.05. The Bertz CT molecular complexity index is 429. The van der Waals surface area contributed by atoms with Crippen molar-refractivity contribution in [1.29, 1.82) is 5.26 Å². The quantitative estimate of drug-likeness (QED) is 0.595. The van der Waals surface area contributed by atoms with Gasteiger partial charge < -0.3 is 4.90 Å². The van der Waals surface area contributed by atoms with Crippen molar-refractivity contribution in [3.05, 3.63) is 17.0 Å². The number of nitrogens with zero attached hydrogens (tertiary/aromatic N) is 4. The van der Waals surface area contributed by atoms with Crippen molar-refractivity contribution < 1.29 is 0 Å². The van der Waals surface area contributed by atoms with Crippen LogP contribution in [0.1, 0.15) is 25.8 Å². The summed E-state index contributed by atoms with van der Waals surface area (Å²) in [5.74, 6) is 1.45. The molecule has 0 saturated carbocycles. The van der Waals surface area contributed by atoms with E-state index in [1.165, 1.54) is 6.33 Å². The van der Waals surface area contributed by atoms with E-state index in [1.807, 2.05) is 4.90 Å². The number of rotatable bonds is 6. The first-order valence-corrected chi connectivity index (χ1v) is 6.68. The molecule has 1 aromatic heterocycles. The predicted octanol–water partition coefficient (Wildman–Crippen LogP) is 3.24. The van der Waals surface area contributed by atoms with Crippen LogP contribution in [0.5, 0.6) is 0 Å². The molecule has 0 radical (unpaired) electrons. The van der Waals surface area contributed by atoms with Crippen LogP contribution in [-0.4, -0.2) is 23.1 Å². The second-order valence-corrected chi connectivity index (χ2v) is 4.97. The Morgan fingerprint density at radius 2 is 2.17 bits per heavy atom. The Morgan fingerprint density at radius 1 is 1.44 bits per heavy atom. The molecule has 18 heavy (non-hydrogen) atoms. The summed E-state index contributed by atoms with van der Waals surface area (Å²) in [6.45, 7) is 5.65. The summed E-state index contributed by atoms with van der Waals surface area (Å²) in [6.07, 6.45) is 1.86. The van der Waals surface area contributed by atoms with Gasteiger partial charge >= 0.3 is 0 Å². The van der Waals surface area contributed by atoms with Crippen LogP contribution in [0.25, 0.3) is 0 Å². The normalized spacial score (nSPS) is 10.4. The molecule has 0 aromatic carbocycles. The fraction of sp³-hybridized carbons (Fsp3) is 0.583. The molecular weight excluding hydrogens is 271 g/mol. The molecule has 0 bridgehead atoms. The van der Waals surface area contributed by atoms with E-state index in [9.17, 15) is 0 Å². The van der Waals surface area contributed by atoms with E-state index in [0.717, 1.165) is 17.9 Å². The fourth-order valence-electron chi connectivity index (χ4n) is 1.68. The lowest BCUT2D eigenvalue weighted by atomic mass is 10.2. The Labute approximate surface area is 118 Å². The summed E-state index contributed by atoms with van der Waals surface area (Å²) in [4.78, 5) is 10.2. The van der Waals surface area contributed by atoms with Gasteiger partial charge in [0.05, 0.1) is 18.4 Å². The lowest BCUT2D eigenvalue weighted by Gasteiger charge is -2.26. The lowest BCUT2D eigenvalue weighted by molar-refractivity contribution is 0.606. The van der Waals surface area contributed by atoms with E-state index in [0.29, 0.717) is 24.0 Å². The maximum Gasteiger partial charge on any atom is 0.138 e. The smallest absolute Gasteiger partial charge is 0.138 e. The molecule has 0 N–H and O–H groups in total. The van der Waals surface area contributed by atoms with Gasteiger partial charge in [-0.2, -0.15) is 5.26 Å². The van der Waals surface area contributed by atoms with Crippen molar-refractivity contribution in [3.63, 3.8) is 0 Å². The maximum absolute atomic E-state index is 8.72. The highest BCUT2D eigenvalue weighted by Crippen LogP contribution is 2.25. The Balaban J connectivity index is 3.04. The van der Waals surface area contributed by atoms with Crippen LogP contribution in [0.4, 0.5) is 5.82 Å². The number of anilines is 1. The molecule has 0 aliphatic rings. The Morgan fingerprint density at radius 3 is 2.72 bits per heavy atom. The topological polar surface area (TPSA) is 52.8 Å². The van der Waals surface area contributed by atoms with Crippen LogP contribution in [0.3, 0.4) is 0 Å². The summed E-state index contributed by atoms with van der Waals surface area (Å²) < 4.78 is 0. The van der Waals surface area contributed by atoms with Gasteiger partial charge in [-0.05, 0) is 5.92 Å². The predicted molar refractivity (Wildman–Crippen MR) is 73.9 cm³/mol. The Kier molecular flexibility index (Phi) is 6.17. The number of hydrogen-bond donors (Lipinski definition) is 0. The van der Waals surface area contributed by atoms with Gasteiger partial charge in [0.25, 0.3) is 0 Å². The zero-order chi connectivity index (χ0) is 13.5. The number of hydrogen-bond acceptors (Lipinski definition) is 4. The van der Waals surface area contributed by atoms with Crippen molar-refractivity contribution in [2.45, 2.75) is 26.1 Å². The first kappa shape index (κ1) is 15.0. The standard InChI is InChI=1S/C12H16Cl2N4/c1-9(2)7-18(5-3-4-15)12-10(6-13)11(14)16-8-17-12/h8-9H,3,5-7H2,1-2H3. The van der Waals surface area contributed by atoms with Crippen LogP contribution in [-0.2, 0) is 5.88 Å². The zero-order valence-corrected chi connectivity index (χ0v) is 12.0. The molecule has 1 rings (SSSR count). The van der Waals surface area contributed by atoms with Gasteiger partial charge in [-0.3, -0.25) is 0 Å². The summed E-state index contributed by atoms with van der Waals surface area (Å²) in [6, 6.07) is 2.14. The molecule has 0 atom stereocenters. The third kappa shape index (κ3) is 4.01. The minimum atomic E-state index is 0.260. The average Bonchev–Trinajstić information content (AvgIpc) is 2.33. The second kappa shape index (κ2) is 7.40. The summed E-state index contributed by atoms with van der Waals surface area (Å²) in [5.41, 5.74) is 0.722. The monoisotopic (exact) mass is 286 g/mol. The molecule has 0 amide bonds. The van der Waals surface area contributed by atoms with E-state index < -0.39 is 0 Å². The first-order chi connectivity index (χ1) is 8.60. The first-order valence-electron chi connectivity index (χ1n) is 5.77. The van der Waals surface area contributed by atoms with Gasteiger partial charge in [0.2, 0.25) is 0 Å². The molecule has 0 aliphatic carbocycles. The van der Waals surface area contributed by atoms with Gasteiger partial charge in [0, 0.05) is 18.7 Å². The third-order valence-electron chi connectivity index (χ3n) is 2.38. The molecule has 0 aliphatic heterocycles. The number of alkyl halides is 1. The SMILES string of the molecule is CC(C)CN(CCC#N)c1ncnc(Cl)c1CCl. The van der Waals surface area contributed by atoms with E-state index in [4.69, 9.17) is 28.5 Å². The molecule has 0 saturated heterocycles. The minimum absolute atomic E-state index is 0.260. The van der Waals surface area contributed by atoms with Crippen molar-refractivity contribution in [1.82, 2.24) is 9.97 Å². The second-order valence-electron chi connectivity index (χ2n) is 4.35. The van der Waals surface area contributed by atoms with Gasteiger partial charge in [-0.15, -0.1) is 11.6 Å². The molecule has 1 heterocycles. The van der Waals surface area contributed by atoms with Gasteiger partial charge in [-0.1, -0.05) is 25.4 Å². The molecule has 0 fully saturated rings. The van der Waals surface area contributed by atoms with Crippen molar-refractivity contribution in [2.24, 2.45) is 5.92 Å². The molecule has 1 aromatic rings. The van der Waals surface area contributed by atoms with Gasteiger partial charge in [0.15, 0.2) is 0 Å². The van der Waals surface area contributed by atoms with Crippen molar-refractivity contribution >= 4 is 29.0 Å². The summed E-state index contributed by atoms with van der Waals surface area (Å²) in [7, 11) is 0. The highest BCUT2D eigenvalue weighted by molar-refractivity contribution is 6.31. The van der Waals surface area contributed by atoms with Crippen molar-refractivity contribution in [3.8, 4) is 6.07 Å². The minimum Gasteiger partial charge on any atom is -0.355 e. The lowest BCUT2D eigenvalue weighted by Crippen LogP contribution is -2.30. The summed E-state index contributed by atoms with van der Waals surface area (Å²) >= 11 is 11.9. The fourth-order valence-corrected chi connectivity index (χ4v) is 2.19. The zero-order valence-electron chi connectivity index (χ0n) is 10.5. The highest BCUT2D eigenvalue weighted by Gasteiger charge is 2.16. The molecule has 0 unspecified atom stereocenters. The van der Waals surface area contributed by atoms with Crippen LogP contribution in [0.2, 0.25) is 5.15 Å². The van der Waals surface area contributed by atoms with E-state index in [2.05, 4.69) is 29.9 Å². The average molecular weight is 287 g/mol. The largest absolute Gasteiger partial charge is 0.355 e. The van der Waals surface area contributed by atoms with E-state index >= 15 is 0 Å². The van der Waals surface area contributed by atoms with Crippen molar-refractivity contribution in [2.75, 3.05) is 18.0 Å². The molecule has 98 valence electrons. The molecule has 0 spiro atoms. The number of aromatic nitrogens is 2.